The summed E-state index contributed by atoms with van der Waals surface area (Å²) in [4.78, 5) is 11.7. The van der Waals surface area contributed by atoms with Crippen LogP contribution < -0.4 is 5.32 Å². The number of aromatic nitrogens is 1. The first-order valence-corrected chi connectivity index (χ1v) is 8.25. The highest BCUT2D eigenvalue weighted by Crippen LogP contribution is 2.06. The maximum Gasteiger partial charge on any atom is 0.289 e. The van der Waals surface area contributed by atoms with Gasteiger partial charge in [0, 0.05) is 25.2 Å². The number of nitrogens with zero attached hydrogens (tertiary/aromatic N) is 2. The van der Waals surface area contributed by atoms with Gasteiger partial charge in [0.2, 0.25) is 15.8 Å². The molecule has 1 aromatic rings. The van der Waals surface area contributed by atoms with Gasteiger partial charge in [0.15, 0.2) is 0 Å². The Morgan fingerprint density at radius 2 is 2.15 bits per heavy atom. The van der Waals surface area contributed by atoms with Crippen LogP contribution in [0.2, 0.25) is 0 Å². The Hall–Kier alpha value is -1.41. The van der Waals surface area contributed by atoms with Gasteiger partial charge in [-0.25, -0.2) is 8.42 Å². The summed E-state index contributed by atoms with van der Waals surface area (Å²) in [6.07, 6.45) is 1.72. The van der Waals surface area contributed by atoms with Crippen LogP contribution in [0.3, 0.4) is 0 Å². The second-order valence-electron chi connectivity index (χ2n) is 4.91. The third-order valence-corrected chi connectivity index (χ3v) is 4.15. The number of hydrogen-bond acceptors (Lipinski definition) is 5. The van der Waals surface area contributed by atoms with Crippen molar-refractivity contribution >= 4 is 15.9 Å². The molecule has 1 heterocycles. The monoisotopic (exact) mass is 303 g/mol. The molecule has 0 aromatic carbocycles. The van der Waals surface area contributed by atoms with Gasteiger partial charge in [0.05, 0.1) is 11.9 Å². The lowest BCUT2D eigenvalue weighted by atomic mass is 10.3. The van der Waals surface area contributed by atoms with Crippen molar-refractivity contribution in [2.45, 2.75) is 33.2 Å². The van der Waals surface area contributed by atoms with E-state index < -0.39 is 10.0 Å². The van der Waals surface area contributed by atoms with Gasteiger partial charge in [-0.2, -0.15) is 4.31 Å². The summed E-state index contributed by atoms with van der Waals surface area (Å²) in [5.74, 6) is -0.188. The molecule has 0 aliphatic carbocycles. The lowest BCUT2D eigenvalue weighted by Gasteiger charge is -2.23. The van der Waals surface area contributed by atoms with E-state index in [1.165, 1.54) is 10.6 Å². The summed E-state index contributed by atoms with van der Waals surface area (Å²) < 4.78 is 29.3. The molecule has 0 saturated carbocycles. The smallest absolute Gasteiger partial charge is 0.289 e. The molecule has 1 N–H and O–H groups in total. The molecule has 0 saturated heterocycles. The summed E-state index contributed by atoms with van der Waals surface area (Å²) in [5.41, 5.74) is 0.637. The Kier molecular flexibility index (Phi) is 5.70. The summed E-state index contributed by atoms with van der Waals surface area (Å²) in [7, 11) is -3.22. The zero-order chi connectivity index (χ0) is 15.3. The number of carbonyl (C=O) groups is 1. The van der Waals surface area contributed by atoms with E-state index in [1.54, 1.807) is 13.0 Å². The van der Waals surface area contributed by atoms with Gasteiger partial charge in [-0.05, 0) is 27.2 Å². The molecule has 0 fully saturated rings. The predicted molar refractivity (Wildman–Crippen MR) is 74.9 cm³/mol. The van der Waals surface area contributed by atoms with Crippen LogP contribution in [0.4, 0.5) is 0 Å². The summed E-state index contributed by atoms with van der Waals surface area (Å²) in [6.45, 7) is 6.10. The van der Waals surface area contributed by atoms with Crippen molar-refractivity contribution in [1.29, 1.82) is 0 Å². The molecule has 0 atom stereocenters. The molecule has 7 nitrogen and oxygen atoms in total. The van der Waals surface area contributed by atoms with Gasteiger partial charge in [0.1, 0.15) is 0 Å². The van der Waals surface area contributed by atoms with Crippen molar-refractivity contribution in [2.24, 2.45) is 0 Å². The largest absolute Gasteiger partial charge is 0.351 e. The van der Waals surface area contributed by atoms with Crippen LogP contribution in [0.15, 0.2) is 10.6 Å². The lowest BCUT2D eigenvalue weighted by Crippen LogP contribution is -2.38. The molecule has 1 aromatic heterocycles. The fourth-order valence-electron chi connectivity index (χ4n) is 1.80. The third kappa shape index (κ3) is 4.93. The molecule has 8 heteroatoms. The lowest BCUT2D eigenvalue weighted by molar-refractivity contribution is 0.0915. The van der Waals surface area contributed by atoms with Gasteiger partial charge in [-0.15, -0.1) is 0 Å². The van der Waals surface area contributed by atoms with Crippen molar-refractivity contribution in [2.75, 3.05) is 19.3 Å². The van der Waals surface area contributed by atoms with E-state index in [-0.39, 0.29) is 17.7 Å². The van der Waals surface area contributed by atoms with Crippen molar-refractivity contribution in [3.63, 3.8) is 0 Å². The predicted octanol–water partition coefficient (Wildman–Crippen LogP) is 0.773. The number of carbonyl (C=O) groups excluding carboxylic acids is 1. The summed E-state index contributed by atoms with van der Waals surface area (Å²) in [6, 6.07) is 1.45. The highest BCUT2D eigenvalue weighted by atomic mass is 32.2. The first kappa shape index (κ1) is 16.6. The van der Waals surface area contributed by atoms with E-state index >= 15 is 0 Å². The Balaban J connectivity index is 2.39. The van der Waals surface area contributed by atoms with Gasteiger partial charge in [-0.3, -0.25) is 4.79 Å². The molecular weight excluding hydrogens is 282 g/mol. The van der Waals surface area contributed by atoms with E-state index in [9.17, 15) is 13.2 Å². The minimum atomic E-state index is -3.22. The quantitative estimate of drug-likeness (QED) is 0.751. The summed E-state index contributed by atoms with van der Waals surface area (Å²) >= 11 is 0. The maximum atomic E-state index is 11.7. The number of sulfonamides is 1. The first-order chi connectivity index (χ1) is 9.21. The van der Waals surface area contributed by atoms with E-state index in [1.807, 2.05) is 13.8 Å². The molecule has 0 aliphatic heterocycles. The fourth-order valence-corrected chi connectivity index (χ4v) is 3.03. The Morgan fingerprint density at radius 1 is 1.50 bits per heavy atom. The molecule has 20 heavy (non-hydrogen) atoms. The zero-order valence-corrected chi connectivity index (χ0v) is 13.0. The molecule has 0 spiro atoms. The molecule has 114 valence electrons. The molecule has 0 aliphatic rings. The number of aryl methyl sites for hydroxylation is 1. The molecule has 0 bridgehead atoms. The van der Waals surface area contributed by atoms with Crippen LogP contribution in [0.1, 0.15) is 36.5 Å². The molecule has 0 radical (unpaired) electrons. The van der Waals surface area contributed by atoms with Gasteiger partial charge in [-0.1, -0.05) is 5.16 Å². The van der Waals surface area contributed by atoms with Crippen LogP contribution in [0.25, 0.3) is 0 Å². The van der Waals surface area contributed by atoms with Crippen molar-refractivity contribution in [3.8, 4) is 0 Å². The topological polar surface area (TPSA) is 92.5 Å². The van der Waals surface area contributed by atoms with E-state index in [2.05, 4.69) is 10.5 Å². The first-order valence-electron chi connectivity index (χ1n) is 6.40. The highest BCUT2D eigenvalue weighted by molar-refractivity contribution is 7.88. The van der Waals surface area contributed by atoms with E-state index in [0.717, 1.165) is 0 Å². The number of amides is 1. The van der Waals surface area contributed by atoms with E-state index in [0.29, 0.717) is 25.2 Å². The van der Waals surface area contributed by atoms with Crippen LogP contribution >= 0.6 is 0 Å². The Labute approximate surface area is 119 Å². The van der Waals surface area contributed by atoms with Gasteiger partial charge in [0.25, 0.3) is 5.91 Å². The van der Waals surface area contributed by atoms with Crippen molar-refractivity contribution in [3.05, 3.63) is 17.5 Å². The average Bonchev–Trinajstić information content (AvgIpc) is 2.73. The van der Waals surface area contributed by atoms with Crippen LogP contribution in [-0.2, 0) is 10.0 Å². The summed E-state index contributed by atoms with van der Waals surface area (Å²) in [5, 5.41) is 6.29. The Morgan fingerprint density at radius 3 is 2.60 bits per heavy atom. The second kappa shape index (κ2) is 6.85. The molecular formula is C12H21N3O4S. The number of hydrogen-bond donors (Lipinski definition) is 1. The Bertz CT molecular complexity index is 551. The molecule has 1 amide bonds. The third-order valence-electron chi connectivity index (χ3n) is 2.69. The standard InChI is InChI=1S/C12H21N3O4S/c1-9(2)15(20(4,17)18)7-5-6-13-12(16)11-8-10(3)14-19-11/h8-9H,5-7H2,1-4H3,(H,13,16). The highest BCUT2D eigenvalue weighted by Gasteiger charge is 2.19. The van der Waals surface area contributed by atoms with E-state index in [4.69, 9.17) is 4.52 Å². The molecule has 0 unspecified atom stereocenters. The van der Waals surface area contributed by atoms with Crippen LogP contribution in [0, 0.1) is 6.92 Å². The minimum absolute atomic E-state index is 0.0994. The van der Waals surface area contributed by atoms with Gasteiger partial charge >= 0.3 is 0 Å². The maximum absolute atomic E-state index is 11.7. The number of rotatable bonds is 7. The number of nitrogens with one attached hydrogen (secondary N) is 1. The second-order valence-corrected chi connectivity index (χ2v) is 6.84. The van der Waals surface area contributed by atoms with Crippen molar-refractivity contribution < 1.29 is 17.7 Å². The molecule has 1 rings (SSSR count). The van der Waals surface area contributed by atoms with Gasteiger partial charge < -0.3 is 9.84 Å². The van der Waals surface area contributed by atoms with Crippen LogP contribution in [-0.4, -0.2) is 49.2 Å². The van der Waals surface area contributed by atoms with Crippen LogP contribution in [0.5, 0.6) is 0 Å². The SMILES string of the molecule is Cc1cc(C(=O)NCCCN(C(C)C)S(C)(=O)=O)on1. The fraction of sp³-hybridized carbons (Fsp3) is 0.667. The zero-order valence-electron chi connectivity index (χ0n) is 12.2. The minimum Gasteiger partial charge on any atom is -0.351 e. The normalized spacial score (nSPS) is 12.1. The average molecular weight is 303 g/mol. The van der Waals surface area contributed by atoms with Crippen molar-refractivity contribution in [1.82, 2.24) is 14.8 Å².